The van der Waals surface area contributed by atoms with Crippen molar-refractivity contribution in [2.45, 2.75) is 39.1 Å². The third-order valence-corrected chi connectivity index (χ3v) is 3.44. The summed E-state index contributed by atoms with van der Waals surface area (Å²) in [6, 6.07) is 0. The minimum atomic E-state index is -0.439. The maximum atomic E-state index is 9.95. The minimum absolute atomic E-state index is 0.259. The summed E-state index contributed by atoms with van der Waals surface area (Å²) in [5.74, 6) is 0.343. The molecule has 2 aliphatic rings. The Balaban J connectivity index is 1.92. The van der Waals surface area contributed by atoms with Crippen molar-refractivity contribution in [2.75, 3.05) is 13.2 Å². The van der Waals surface area contributed by atoms with Crippen LogP contribution in [0.4, 0.5) is 0 Å². The van der Waals surface area contributed by atoms with Crippen molar-refractivity contribution < 1.29 is 14.6 Å². The quantitative estimate of drug-likeness (QED) is 0.703. The zero-order valence-electron chi connectivity index (χ0n) is 8.32. The monoisotopic (exact) mass is 186 g/mol. The van der Waals surface area contributed by atoms with Gasteiger partial charge in [0.1, 0.15) is 6.10 Å². The van der Waals surface area contributed by atoms with Gasteiger partial charge in [0.05, 0.1) is 13.2 Å². The molecule has 0 aromatic carbocycles. The Morgan fingerprint density at radius 3 is 2.31 bits per heavy atom. The molecule has 0 aromatic heterocycles. The number of aliphatic hydroxyl groups excluding tert-OH is 1. The first-order valence-corrected chi connectivity index (χ1v) is 5.02. The number of hydrogen-bond donors (Lipinski definition) is 1. The Morgan fingerprint density at radius 2 is 1.92 bits per heavy atom. The van der Waals surface area contributed by atoms with Crippen molar-refractivity contribution in [1.29, 1.82) is 0 Å². The van der Waals surface area contributed by atoms with Gasteiger partial charge in [-0.25, -0.2) is 0 Å². The van der Waals surface area contributed by atoms with Crippen LogP contribution in [0.3, 0.4) is 0 Å². The first kappa shape index (κ1) is 9.44. The van der Waals surface area contributed by atoms with Crippen LogP contribution in [0.1, 0.15) is 26.7 Å². The summed E-state index contributed by atoms with van der Waals surface area (Å²) >= 11 is 0. The van der Waals surface area contributed by atoms with Crippen LogP contribution in [0.5, 0.6) is 0 Å². The average molecular weight is 186 g/mol. The second-order valence-corrected chi connectivity index (χ2v) is 4.73. The van der Waals surface area contributed by atoms with E-state index in [4.69, 9.17) is 9.47 Å². The second-order valence-electron chi connectivity index (χ2n) is 4.73. The predicted octanol–water partition coefficient (Wildman–Crippen LogP) is 1.16. The van der Waals surface area contributed by atoms with Crippen molar-refractivity contribution in [1.82, 2.24) is 0 Å². The van der Waals surface area contributed by atoms with Crippen molar-refractivity contribution in [3.63, 3.8) is 0 Å². The first-order valence-electron chi connectivity index (χ1n) is 5.02. The molecule has 3 heteroatoms. The lowest BCUT2D eigenvalue weighted by molar-refractivity contribution is -0.174. The van der Waals surface area contributed by atoms with E-state index >= 15 is 0 Å². The van der Waals surface area contributed by atoms with Gasteiger partial charge in [0.15, 0.2) is 6.29 Å². The molecule has 1 aliphatic carbocycles. The predicted molar refractivity (Wildman–Crippen MR) is 48.2 cm³/mol. The van der Waals surface area contributed by atoms with Crippen LogP contribution in [0, 0.1) is 11.3 Å². The van der Waals surface area contributed by atoms with E-state index in [-0.39, 0.29) is 11.7 Å². The zero-order chi connectivity index (χ0) is 9.47. The highest BCUT2D eigenvalue weighted by Gasteiger charge is 2.46. The van der Waals surface area contributed by atoms with E-state index in [0.717, 1.165) is 6.42 Å². The highest BCUT2D eigenvalue weighted by Crippen LogP contribution is 2.48. The molecule has 1 aliphatic heterocycles. The fraction of sp³-hybridized carbons (Fsp3) is 1.00. The van der Waals surface area contributed by atoms with Crippen LogP contribution in [0.15, 0.2) is 0 Å². The lowest BCUT2D eigenvalue weighted by Gasteiger charge is -2.47. The molecule has 2 fully saturated rings. The fourth-order valence-corrected chi connectivity index (χ4v) is 2.28. The molecule has 1 N–H and O–H groups in total. The molecule has 0 aromatic rings. The Morgan fingerprint density at radius 1 is 1.31 bits per heavy atom. The molecule has 13 heavy (non-hydrogen) atoms. The molecular weight excluding hydrogens is 168 g/mol. The van der Waals surface area contributed by atoms with E-state index in [1.54, 1.807) is 0 Å². The molecular formula is C10H18O3. The van der Waals surface area contributed by atoms with Gasteiger partial charge in [-0.3, -0.25) is 0 Å². The SMILES string of the molecule is CC1(C)CCC1[C@H](O)C1OCCO1. The van der Waals surface area contributed by atoms with Crippen LogP contribution in [-0.2, 0) is 9.47 Å². The molecule has 1 unspecified atom stereocenters. The molecule has 0 amide bonds. The first-order chi connectivity index (χ1) is 6.11. The average Bonchev–Trinajstić information content (AvgIpc) is 2.54. The van der Waals surface area contributed by atoms with Crippen molar-refractivity contribution >= 4 is 0 Å². The molecule has 0 radical (unpaired) electrons. The third-order valence-electron chi connectivity index (χ3n) is 3.44. The van der Waals surface area contributed by atoms with Gasteiger partial charge < -0.3 is 14.6 Å². The molecule has 1 saturated heterocycles. The van der Waals surface area contributed by atoms with Gasteiger partial charge in [-0.1, -0.05) is 13.8 Å². The Bertz CT molecular complexity index is 185. The van der Waals surface area contributed by atoms with E-state index in [0.29, 0.717) is 19.1 Å². The van der Waals surface area contributed by atoms with Gasteiger partial charge in [-0.15, -0.1) is 0 Å². The van der Waals surface area contributed by atoms with Gasteiger partial charge in [0.25, 0.3) is 0 Å². The van der Waals surface area contributed by atoms with Gasteiger partial charge in [0, 0.05) is 0 Å². The van der Waals surface area contributed by atoms with Gasteiger partial charge in [0.2, 0.25) is 0 Å². The van der Waals surface area contributed by atoms with Crippen molar-refractivity contribution in [2.24, 2.45) is 11.3 Å². The zero-order valence-corrected chi connectivity index (χ0v) is 8.32. The van der Waals surface area contributed by atoms with Crippen LogP contribution in [-0.4, -0.2) is 30.7 Å². The van der Waals surface area contributed by atoms with Crippen LogP contribution >= 0.6 is 0 Å². The van der Waals surface area contributed by atoms with Crippen molar-refractivity contribution in [3.8, 4) is 0 Å². The lowest BCUT2D eigenvalue weighted by atomic mass is 9.60. The summed E-state index contributed by atoms with van der Waals surface area (Å²) in [4.78, 5) is 0. The molecule has 2 rings (SSSR count). The summed E-state index contributed by atoms with van der Waals surface area (Å²) in [6.07, 6.45) is 1.48. The van der Waals surface area contributed by atoms with Crippen LogP contribution < -0.4 is 0 Å². The maximum Gasteiger partial charge on any atom is 0.183 e. The van der Waals surface area contributed by atoms with E-state index in [1.807, 2.05) is 0 Å². The molecule has 0 bridgehead atoms. The molecule has 3 nitrogen and oxygen atoms in total. The summed E-state index contributed by atoms with van der Waals surface area (Å²) in [6.45, 7) is 5.63. The highest BCUT2D eigenvalue weighted by atomic mass is 16.7. The maximum absolute atomic E-state index is 9.95. The van der Waals surface area contributed by atoms with Crippen LogP contribution in [0.25, 0.3) is 0 Å². The molecule has 2 atom stereocenters. The highest BCUT2D eigenvalue weighted by molar-refractivity contribution is 4.94. The molecule has 1 heterocycles. The topological polar surface area (TPSA) is 38.7 Å². The molecule has 76 valence electrons. The fourth-order valence-electron chi connectivity index (χ4n) is 2.28. The lowest BCUT2D eigenvalue weighted by Crippen LogP contribution is -2.47. The summed E-state index contributed by atoms with van der Waals surface area (Å²) < 4.78 is 10.6. The Hall–Kier alpha value is -0.120. The largest absolute Gasteiger partial charge is 0.388 e. The Labute approximate surface area is 79.0 Å². The number of hydrogen-bond acceptors (Lipinski definition) is 3. The summed E-state index contributed by atoms with van der Waals surface area (Å²) in [5, 5.41) is 9.95. The second kappa shape index (κ2) is 3.23. The van der Waals surface area contributed by atoms with Crippen molar-refractivity contribution in [3.05, 3.63) is 0 Å². The van der Waals surface area contributed by atoms with E-state index < -0.39 is 6.10 Å². The summed E-state index contributed by atoms with van der Waals surface area (Å²) in [5.41, 5.74) is 0.259. The smallest absolute Gasteiger partial charge is 0.183 e. The van der Waals surface area contributed by atoms with E-state index in [9.17, 15) is 5.11 Å². The van der Waals surface area contributed by atoms with Gasteiger partial charge >= 0.3 is 0 Å². The number of rotatable bonds is 2. The van der Waals surface area contributed by atoms with E-state index in [2.05, 4.69) is 13.8 Å². The van der Waals surface area contributed by atoms with Crippen LogP contribution in [0.2, 0.25) is 0 Å². The number of aliphatic hydroxyl groups is 1. The number of ether oxygens (including phenoxy) is 2. The van der Waals surface area contributed by atoms with E-state index in [1.165, 1.54) is 6.42 Å². The molecule has 1 saturated carbocycles. The standard InChI is InChI=1S/C10H18O3/c1-10(2)4-3-7(10)8(11)9-12-5-6-13-9/h7-9,11H,3-6H2,1-2H3/t7?,8-/m0/s1. The minimum Gasteiger partial charge on any atom is -0.388 e. The van der Waals surface area contributed by atoms with Gasteiger partial charge in [-0.2, -0.15) is 0 Å². The third kappa shape index (κ3) is 1.60. The van der Waals surface area contributed by atoms with Gasteiger partial charge in [-0.05, 0) is 24.2 Å². The molecule has 0 spiro atoms. The summed E-state index contributed by atoms with van der Waals surface area (Å²) in [7, 11) is 0. The Kier molecular flexibility index (Phi) is 2.34. The normalized spacial score (nSPS) is 35.8.